The van der Waals surface area contributed by atoms with Crippen LogP contribution in [0.3, 0.4) is 0 Å². The van der Waals surface area contributed by atoms with E-state index in [1.807, 2.05) is 0 Å². The number of aliphatic hydroxyl groups excluding tert-OH is 1. The third-order valence-corrected chi connectivity index (χ3v) is 0.628. The number of rotatable bonds is 0. The highest BCUT2D eigenvalue weighted by Gasteiger charge is 1.55. The molecule has 0 saturated carbocycles. The maximum absolute atomic E-state index is 7.99. The van der Waals surface area contributed by atoms with E-state index in [9.17, 15) is 0 Å². The molecule has 0 aromatic heterocycles. The number of aliphatic hydroxyl groups is 1. The summed E-state index contributed by atoms with van der Waals surface area (Å²) in [6, 6.07) is 0. The van der Waals surface area contributed by atoms with Crippen LogP contribution in [0.15, 0.2) is 0 Å². The van der Waals surface area contributed by atoms with Crippen LogP contribution in [-0.4, -0.2) is 5.11 Å². The standard InChI is InChI=1S/C12H2O/c1-2-3-4-5-6-7-8-9-10-11-12-13/h1,13H. The molecule has 0 aliphatic rings. The minimum absolute atomic E-state index is 1.61. The number of terminal acetylenes is 1. The van der Waals surface area contributed by atoms with Crippen molar-refractivity contribution in [1.29, 1.82) is 0 Å². The predicted octanol–water partition coefficient (Wildman–Crippen LogP) is -0.0334. The molecule has 0 spiro atoms. The molecule has 56 valence electrons. The van der Waals surface area contributed by atoms with Gasteiger partial charge in [0.1, 0.15) is 6.11 Å². The van der Waals surface area contributed by atoms with E-state index in [2.05, 4.69) is 59.2 Å². The number of hydrogen-bond donors (Lipinski definition) is 1. The summed E-state index contributed by atoms with van der Waals surface area (Å²) in [5.41, 5.74) is 0. The van der Waals surface area contributed by atoms with E-state index in [1.165, 1.54) is 0 Å². The molecular formula is C12H2O. The van der Waals surface area contributed by atoms with Crippen LogP contribution in [0.1, 0.15) is 0 Å². The third kappa shape index (κ3) is 9.16. The van der Waals surface area contributed by atoms with Crippen LogP contribution in [0.4, 0.5) is 0 Å². The van der Waals surface area contributed by atoms with Gasteiger partial charge in [0.15, 0.2) is 0 Å². The lowest BCUT2D eigenvalue weighted by Crippen LogP contribution is -1.54. The van der Waals surface area contributed by atoms with Gasteiger partial charge < -0.3 is 5.11 Å². The van der Waals surface area contributed by atoms with Crippen molar-refractivity contribution >= 4 is 0 Å². The van der Waals surface area contributed by atoms with Crippen LogP contribution in [0, 0.1) is 71.7 Å². The zero-order valence-corrected chi connectivity index (χ0v) is 6.52. The zero-order chi connectivity index (χ0) is 9.78. The molecule has 0 radical (unpaired) electrons. The quantitative estimate of drug-likeness (QED) is 0.496. The van der Waals surface area contributed by atoms with Gasteiger partial charge in [0, 0.05) is 29.6 Å². The van der Waals surface area contributed by atoms with Crippen LogP contribution < -0.4 is 0 Å². The third-order valence-electron chi connectivity index (χ3n) is 0.628. The second-order valence-corrected chi connectivity index (χ2v) is 1.38. The Kier molecular flexibility index (Phi) is 7.16. The SMILES string of the molecule is C#CC#CC#CC#CC#CC#CO. The van der Waals surface area contributed by atoms with Crippen molar-refractivity contribution in [2.24, 2.45) is 0 Å². The van der Waals surface area contributed by atoms with Crippen molar-refractivity contribution in [3.05, 3.63) is 0 Å². The summed E-state index contributed by atoms with van der Waals surface area (Å²) < 4.78 is 0. The Balaban J connectivity index is 4.14. The van der Waals surface area contributed by atoms with Crippen LogP contribution >= 0.6 is 0 Å². The highest BCUT2D eigenvalue weighted by Crippen LogP contribution is 1.55. The molecule has 13 heavy (non-hydrogen) atoms. The van der Waals surface area contributed by atoms with Crippen LogP contribution in [0.2, 0.25) is 0 Å². The summed E-state index contributed by atoms with van der Waals surface area (Å²) in [5, 5.41) is 7.99. The molecule has 0 amide bonds. The van der Waals surface area contributed by atoms with Crippen molar-refractivity contribution in [3.63, 3.8) is 0 Å². The minimum Gasteiger partial charge on any atom is -0.461 e. The van der Waals surface area contributed by atoms with Gasteiger partial charge in [-0.05, 0) is 29.6 Å². The van der Waals surface area contributed by atoms with Gasteiger partial charge in [0.05, 0.1) is 0 Å². The van der Waals surface area contributed by atoms with Gasteiger partial charge in [0.2, 0.25) is 0 Å². The maximum atomic E-state index is 7.99. The Morgan fingerprint density at radius 2 is 1.00 bits per heavy atom. The molecule has 0 aromatic rings. The van der Waals surface area contributed by atoms with Gasteiger partial charge in [-0.25, -0.2) is 0 Å². The molecule has 0 aromatic carbocycles. The van der Waals surface area contributed by atoms with Crippen molar-refractivity contribution in [1.82, 2.24) is 0 Å². The van der Waals surface area contributed by atoms with Crippen molar-refractivity contribution in [2.75, 3.05) is 0 Å². The first-order valence-electron chi connectivity index (χ1n) is 3.01. The van der Waals surface area contributed by atoms with Gasteiger partial charge in [-0.15, -0.1) is 6.42 Å². The smallest absolute Gasteiger partial charge is 0.122 e. The average molecular weight is 162 g/mol. The summed E-state index contributed by atoms with van der Waals surface area (Å²) in [6.45, 7) is 0. The van der Waals surface area contributed by atoms with Crippen molar-refractivity contribution < 1.29 is 5.11 Å². The fourth-order valence-electron chi connectivity index (χ4n) is 0.283. The van der Waals surface area contributed by atoms with Gasteiger partial charge in [-0.1, -0.05) is 0 Å². The molecule has 0 fully saturated rings. The fourth-order valence-corrected chi connectivity index (χ4v) is 0.283. The van der Waals surface area contributed by atoms with Crippen LogP contribution in [0.5, 0.6) is 0 Å². The fraction of sp³-hybridized carbons (Fsp3) is 0. The van der Waals surface area contributed by atoms with E-state index >= 15 is 0 Å². The Morgan fingerprint density at radius 1 is 0.615 bits per heavy atom. The summed E-state index contributed by atoms with van der Waals surface area (Å²) >= 11 is 0. The summed E-state index contributed by atoms with van der Waals surface area (Å²) in [5.74, 6) is 23.1. The van der Waals surface area contributed by atoms with E-state index in [0.29, 0.717) is 0 Å². The molecule has 1 nitrogen and oxygen atoms in total. The lowest BCUT2D eigenvalue weighted by molar-refractivity contribution is 0.517. The Hall–Kier alpha value is -2.84. The minimum atomic E-state index is 1.61. The van der Waals surface area contributed by atoms with E-state index in [-0.39, 0.29) is 0 Å². The molecule has 1 N–H and O–H groups in total. The molecule has 0 aliphatic carbocycles. The molecule has 0 atom stereocenters. The van der Waals surface area contributed by atoms with E-state index < -0.39 is 0 Å². The van der Waals surface area contributed by atoms with E-state index in [0.717, 1.165) is 0 Å². The van der Waals surface area contributed by atoms with Gasteiger partial charge >= 0.3 is 0 Å². The Morgan fingerprint density at radius 3 is 1.38 bits per heavy atom. The van der Waals surface area contributed by atoms with E-state index in [1.54, 1.807) is 6.11 Å². The van der Waals surface area contributed by atoms with Crippen LogP contribution in [-0.2, 0) is 0 Å². The van der Waals surface area contributed by atoms with Gasteiger partial charge in [-0.3, -0.25) is 0 Å². The summed E-state index contributed by atoms with van der Waals surface area (Å²) in [7, 11) is 0. The van der Waals surface area contributed by atoms with Crippen LogP contribution in [0.25, 0.3) is 0 Å². The largest absolute Gasteiger partial charge is 0.461 e. The molecule has 0 saturated heterocycles. The Bertz CT molecular complexity index is 503. The molecule has 0 heterocycles. The zero-order valence-electron chi connectivity index (χ0n) is 6.52. The molecule has 0 bridgehead atoms. The molecule has 0 aliphatic heterocycles. The molecule has 0 rings (SSSR count). The Labute approximate surface area is 77.5 Å². The normalized spacial score (nSPS) is 3.62. The second kappa shape index (κ2) is 9.16. The molecule has 1 heteroatoms. The predicted molar refractivity (Wildman–Crippen MR) is 49.6 cm³/mol. The second-order valence-electron chi connectivity index (χ2n) is 1.38. The summed E-state index contributed by atoms with van der Waals surface area (Å²) in [6.07, 6.45) is 6.45. The first-order chi connectivity index (χ1) is 6.41. The number of hydrogen-bond acceptors (Lipinski definition) is 1. The lowest BCUT2D eigenvalue weighted by atomic mass is 10.5. The van der Waals surface area contributed by atoms with Gasteiger partial charge in [-0.2, -0.15) is 0 Å². The maximum Gasteiger partial charge on any atom is 0.122 e. The summed E-state index contributed by atoms with van der Waals surface area (Å²) in [4.78, 5) is 0. The van der Waals surface area contributed by atoms with Gasteiger partial charge in [0.25, 0.3) is 0 Å². The lowest BCUT2D eigenvalue weighted by Gasteiger charge is -1.54. The van der Waals surface area contributed by atoms with Crippen molar-refractivity contribution in [2.45, 2.75) is 0 Å². The first kappa shape index (κ1) is 10.2. The highest BCUT2D eigenvalue weighted by atomic mass is 16.2. The topological polar surface area (TPSA) is 20.2 Å². The monoisotopic (exact) mass is 162 g/mol. The first-order valence-corrected chi connectivity index (χ1v) is 3.01. The molecular weight excluding hydrogens is 160 g/mol. The van der Waals surface area contributed by atoms with E-state index in [4.69, 9.17) is 11.5 Å². The average Bonchev–Trinajstić information content (AvgIpc) is 2.16. The molecule has 0 unspecified atom stereocenters. The van der Waals surface area contributed by atoms with Crippen molar-refractivity contribution in [3.8, 4) is 71.7 Å². The highest BCUT2D eigenvalue weighted by molar-refractivity contribution is 5.43.